The van der Waals surface area contributed by atoms with Crippen molar-refractivity contribution in [1.82, 2.24) is 14.5 Å². The number of aromatic nitrogens is 3. The fourth-order valence-electron chi connectivity index (χ4n) is 3.96. The molecule has 9 heteroatoms. The summed E-state index contributed by atoms with van der Waals surface area (Å²) in [5.41, 5.74) is 2.74. The van der Waals surface area contributed by atoms with Crippen molar-refractivity contribution in [2.24, 2.45) is 0 Å². The molecule has 0 atom stereocenters. The van der Waals surface area contributed by atoms with Crippen LogP contribution in [-0.4, -0.2) is 45.8 Å². The predicted octanol–water partition coefficient (Wildman–Crippen LogP) is 4.49. The van der Waals surface area contributed by atoms with Crippen LogP contribution in [0.2, 0.25) is 0 Å². The van der Waals surface area contributed by atoms with Gasteiger partial charge in [-0.15, -0.1) is 0 Å². The number of benzene rings is 2. The third-order valence-corrected chi connectivity index (χ3v) is 6.52. The van der Waals surface area contributed by atoms with Crippen molar-refractivity contribution in [3.05, 3.63) is 81.4 Å². The monoisotopic (exact) mass is 491 g/mol. The number of rotatable bonds is 8. The number of thioether (sulfide) groups is 1. The molecule has 2 aromatic heterocycles. The summed E-state index contributed by atoms with van der Waals surface area (Å²) in [5.74, 6) is -0.0600. The van der Waals surface area contributed by atoms with Crippen LogP contribution in [0.4, 0.5) is 0 Å². The topological polar surface area (TPSA) is 103 Å². The average molecular weight is 492 g/mol. The summed E-state index contributed by atoms with van der Waals surface area (Å²) in [7, 11) is 1.56. The Balaban J connectivity index is 1.73. The van der Waals surface area contributed by atoms with E-state index in [1.54, 1.807) is 70.3 Å². The van der Waals surface area contributed by atoms with Crippen molar-refractivity contribution in [2.45, 2.75) is 25.9 Å². The van der Waals surface area contributed by atoms with Crippen LogP contribution in [0.3, 0.4) is 0 Å². The number of Topliss-reactive ketones (excluding diaryl/α,β-unsaturated/α-hetero) is 1. The number of nitrogens with zero attached hydrogens (tertiary/aromatic N) is 2. The van der Waals surface area contributed by atoms with Gasteiger partial charge >= 0.3 is 5.97 Å². The van der Waals surface area contributed by atoms with Crippen molar-refractivity contribution >= 4 is 34.4 Å². The van der Waals surface area contributed by atoms with Gasteiger partial charge in [0.1, 0.15) is 11.4 Å². The van der Waals surface area contributed by atoms with Gasteiger partial charge < -0.3 is 14.5 Å². The molecule has 4 aromatic rings. The van der Waals surface area contributed by atoms with Crippen LogP contribution in [0.15, 0.2) is 58.5 Å². The van der Waals surface area contributed by atoms with Gasteiger partial charge in [0.05, 0.1) is 36.1 Å². The number of ketones is 1. The van der Waals surface area contributed by atoms with Crippen molar-refractivity contribution < 1.29 is 19.1 Å². The summed E-state index contributed by atoms with van der Waals surface area (Å²) < 4.78 is 11.9. The first kappa shape index (κ1) is 24.3. The van der Waals surface area contributed by atoms with Gasteiger partial charge in [-0.3, -0.25) is 14.2 Å². The molecule has 0 radical (unpaired) electrons. The number of fused-ring (bicyclic) bond motifs is 1. The first-order valence-electron chi connectivity index (χ1n) is 11.0. The highest BCUT2D eigenvalue weighted by Crippen LogP contribution is 2.26. The van der Waals surface area contributed by atoms with Gasteiger partial charge in [-0.25, -0.2) is 9.78 Å². The van der Waals surface area contributed by atoms with Crippen LogP contribution >= 0.6 is 11.8 Å². The smallest absolute Gasteiger partial charge is 0.355 e. The number of hydrogen-bond donors (Lipinski definition) is 1. The molecule has 0 amide bonds. The fourth-order valence-corrected chi connectivity index (χ4v) is 4.85. The molecule has 2 aromatic carbocycles. The average Bonchev–Trinajstić information content (AvgIpc) is 3.16. The lowest BCUT2D eigenvalue weighted by atomic mass is 10.1. The molecule has 2 heterocycles. The van der Waals surface area contributed by atoms with E-state index in [0.29, 0.717) is 44.3 Å². The van der Waals surface area contributed by atoms with E-state index in [0.717, 1.165) is 11.8 Å². The van der Waals surface area contributed by atoms with Crippen molar-refractivity contribution in [1.29, 1.82) is 0 Å². The van der Waals surface area contributed by atoms with Gasteiger partial charge in [-0.2, -0.15) is 0 Å². The first-order chi connectivity index (χ1) is 16.8. The van der Waals surface area contributed by atoms with Gasteiger partial charge in [-0.05, 0) is 50.6 Å². The molecule has 0 saturated heterocycles. The molecule has 0 aliphatic rings. The second kappa shape index (κ2) is 10.2. The normalized spacial score (nSPS) is 11.0. The molecule has 0 fully saturated rings. The van der Waals surface area contributed by atoms with E-state index in [-0.39, 0.29) is 29.4 Å². The molecule has 1 N–H and O–H groups in total. The summed E-state index contributed by atoms with van der Waals surface area (Å²) >= 11 is 1.16. The largest absolute Gasteiger partial charge is 0.497 e. The zero-order valence-electron chi connectivity index (χ0n) is 19.9. The predicted molar refractivity (Wildman–Crippen MR) is 135 cm³/mol. The SMILES string of the molecule is CCOC(=O)c1[nH]c(C)c(C(=O)CSc2nc3ccccc3c(=O)n2-c2cccc(OC)c2)c1C. The molecule has 0 aliphatic carbocycles. The van der Waals surface area contributed by atoms with E-state index in [1.165, 1.54) is 4.57 Å². The number of hydrogen-bond acceptors (Lipinski definition) is 7. The number of carbonyl (C=O) groups is 2. The maximum Gasteiger partial charge on any atom is 0.355 e. The zero-order chi connectivity index (χ0) is 25.1. The molecular formula is C26H25N3O5S. The van der Waals surface area contributed by atoms with Crippen molar-refractivity contribution in [3.8, 4) is 11.4 Å². The third-order valence-electron chi connectivity index (χ3n) is 5.58. The van der Waals surface area contributed by atoms with E-state index < -0.39 is 5.97 Å². The van der Waals surface area contributed by atoms with Crippen molar-refractivity contribution in [3.63, 3.8) is 0 Å². The Bertz CT molecular complexity index is 1490. The molecule has 0 unspecified atom stereocenters. The van der Waals surface area contributed by atoms with Gasteiger partial charge in [0, 0.05) is 17.3 Å². The maximum atomic E-state index is 13.4. The Morgan fingerprint density at radius 2 is 1.89 bits per heavy atom. The minimum Gasteiger partial charge on any atom is -0.497 e. The zero-order valence-corrected chi connectivity index (χ0v) is 20.7. The molecule has 180 valence electrons. The molecule has 0 aliphatic heterocycles. The van der Waals surface area contributed by atoms with E-state index in [1.807, 2.05) is 6.07 Å². The van der Waals surface area contributed by atoms with Crippen LogP contribution in [0, 0.1) is 13.8 Å². The fraction of sp³-hybridized carbons (Fsp3) is 0.231. The lowest BCUT2D eigenvalue weighted by molar-refractivity contribution is 0.0519. The minimum absolute atomic E-state index is 0.0244. The van der Waals surface area contributed by atoms with E-state index >= 15 is 0 Å². The Hall–Kier alpha value is -3.85. The highest BCUT2D eigenvalue weighted by Gasteiger charge is 2.23. The Morgan fingerprint density at radius 3 is 2.63 bits per heavy atom. The van der Waals surface area contributed by atoms with Crippen molar-refractivity contribution in [2.75, 3.05) is 19.5 Å². The summed E-state index contributed by atoms with van der Waals surface area (Å²) in [5, 5.41) is 0.856. The third kappa shape index (κ3) is 4.72. The lowest BCUT2D eigenvalue weighted by Gasteiger charge is -2.14. The second-order valence-corrected chi connectivity index (χ2v) is 8.75. The standard InChI is InChI=1S/C26H25N3O5S/c1-5-34-25(32)23-15(2)22(16(3)27-23)21(30)14-35-26-28-20-12-7-6-11-19(20)24(31)29(26)17-9-8-10-18(13-17)33-4/h6-13,27H,5,14H2,1-4H3. The van der Waals surface area contributed by atoms with Crippen LogP contribution in [0.25, 0.3) is 16.6 Å². The number of aromatic amines is 1. The number of aryl methyl sites for hydroxylation is 1. The highest BCUT2D eigenvalue weighted by molar-refractivity contribution is 7.99. The number of ether oxygens (including phenoxy) is 2. The van der Waals surface area contributed by atoms with E-state index in [4.69, 9.17) is 9.47 Å². The second-order valence-electron chi connectivity index (χ2n) is 7.81. The quantitative estimate of drug-likeness (QED) is 0.168. The summed E-state index contributed by atoms with van der Waals surface area (Å²) in [6.45, 7) is 5.43. The molecule has 4 rings (SSSR count). The van der Waals surface area contributed by atoms with Crippen LogP contribution < -0.4 is 10.3 Å². The number of methoxy groups -OCH3 is 1. The number of carbonyl (C=O) groups excluding carboxylic acids is 2. The van der Waals surface area contributed by atoms with E-state index in [9.17, 15) is 14.4 Å². The summed E-state index contributed by atoms with van der Waals surface area (Å²) in [4.78, 5) is 46.5. The minimum atomic E-state index is -0.497. The molecule has 8 nitrogen and oxygen atoms in total. The lowest BCUT2D eigenvalue weighted by Crippen LogP contribution is -2.22. The van der Waals surface area contributed by atoms with Crippen LogP contribution in [-0.2, 0) is 4.74 Å². The number of nitrogens with one attached hydrogen (secondary N) is 1. The number of esters is 1. The molecule has 0 bridgehead atoms. The molecular weight excluding hydrogens is 466 g/mol. The molecule has 35 heavy (non-hydrogen) atoms. The van der Waals surface area contributed by atoms with Gasteiger partial charge in [-0.1, -0.05) is 30.0 Å². The van der Waals surface area contributed by atoms with E-state index in [2.05, 4.69) is 9.97 Å². The van der Waals surface area contributed by atoms with Crippen LogP contribution in [0.5, 0.6) is 5.75 Å². The first-order valence-corrected chi connectivity index (χ1v) is 12.0. The molecule has 0 spiro atoms. The maximum absolute atomic E-state index is 13.4. The van der Waals surface area contributed by atoms with Crippen LogP contribution in [0.1, 0.15) is 39.0 Å². The molecule has 0 saturated carbocycles. The highest BCUT2D eigenvalue weighted by atomic mass is 32.2. The Morgan fingerprint density at radius 1 is 1.11 bits per heavy atom. The Kier molecular flexibility index (Phi) is 7.07. The van der Waals surface area contributed by atoms with Gasteiger partial charge in [0.2, 0.25) is 0 Å². The van der Waals surface area contributed by atoms with Gasteiger partial charge in [0.15, 0.2) is 10.9 Å². The van der Waals surface area contributed by atoms with Gasteiger partial charge in [0.25, 0.3) is 5.56 Å². The Labute approximate surface area is 206 Å². The number of para-hydroxylation sites is 1. The number of H-pyrrole nitrogens is 1. The summed E-state index contributed by atoms with van der Waals surface area (Å²) in [6.07, 6.45) is 0. The summed E-state index contributed by atoms with van der Waals surface area (Å²) in [6, 6.07) is 14.2.